The van der Waals surface area contributed by atoms with Crippen LogP contribution in [-0.4, -0.2) is 31.7 Å². The van der Waals surface area contributed by atoms with Gasteiger partial charge in [0.1, 0.15) is 4.90 Å². The summed E-state index contributed by atoms with van der Waals surface area (Å²) in [5.74, 6) is -0.347. The fraction of sp³-hybridized carbons (Fsp3) is 0.500. The van der Waals surface area contributed by atoms with Crippen LogP contribution < -0.4 is 5.73 Å². The summed E-state index contributed by atoms with van der Waals surface area (Å²) < 4.78 is 26.6. The zero-order chi connectivity index (χ0) is 15.7. The lowest BCUT2D eigenvalue weighted by Gasteiger charge is -2.38. The van der Waals surface area contributed by atoms with Crippen molar-refractivity contribution in [3.05, 3.63) is 29.3 Å². The van der Waals surface area contributed by atoms with Gasteiger partial charge in [0.25, 0.3) is 0 Å². The van der Waals surface area contributed by atoms with Gasteiger partial charge in [-0.1, -0.05) is 30.7 Å². The lowest BCUT2D eigenvalue weighted by atomic mass is 9.76. The third kappa shape index (κ3) is 2.93. The van der Waals surface area contributed by atoms with Gasteiger partial charge in [-0.15, -0.1) is 0 Å². The number of benzene rings is 1. The molecular formula is C14H19ClN2O3S. The van der Waals surface area contributed by atoms with Crippen LogP contribution in [0.5, 0.6) is 0 Å². The van der Waals surface area contributed by atoms with E-state index in [0.29, 0.717) is 19.3 Å². The maximum absolute atomic E-state index is 12.6. The molecule has 0 spiro atoms. The van der Waals surface area contributed by atoms with Crippen LogP contribution in [0.25, 0.3) is 0 Å². The summed E-state index contributed by atoms with van der Waals surface area (Å²) in [7, 11) is -3.63. The van der Waals surface area contributed by atoms with Gasteiger partial charge >= 0.3 is 0 Å². The van der Waals surface area contributed by atoms with Crippen molar-refractivity contribution in [3.8, 4) is 0 Å². The van der Waals surface area contributed by atoms with Gasteiger partial charge in [0, 0.05) is 13.1 Å². The normalized spacial score (nSPS) is 19.3. The van der Waals surface area contributed by atoms with Gasteiger partial charge in [-0.25, -0.2) is 8.42 Å². The Hall–Kier alpha value is -1.11. The molecule has 1 aliphatic heterocycles. The molecule has 0 radical (unpaired) electrons. The van der Waals surface area contributed by atoms with E-state index in [2.05, 4.69) is 0 Å². The molecule has 5 nitrogen and oxygen atoms in total. The molecule has 1 aromatic rings. The first-order chi connectivity index (χ1) is 9.83. The minimum Gasteiger partial charge on any atom is -0.369 e. The Morgan fingerprint density at radius 3 is 2.38 bits per heavy atom. The Labute approximate surface area is 130 Å². The molecule has 1 heterocycles. The lowest BCUT2D eigenvalue weighted by molar-refractivity contribution is -0.130. The van der Waals surface area contributed by atoms with Crippen LogP contribution in [0.2, 0.25) is 5.02 Å². The van der Waals surface area contributed by atoms with Crippen molar-refractivity contribution in [2.24, 2.45) is 11.1 Å². The number of piperidine rings is 1. The fourth-order valence-electron chi connectivity index (χ4n) is 2.72. The van der Waals surface area contributed by atoms with Crippen LogP contribution in [0.1, 0.15) is 26.2 Å². The van der Waals surface area contributed by atoms with Crippen molar-refractivity contribution >= 4 is 27.5 Å². The van der Waals surface area contributed by atoms with Crippen LogP contribution in [0.3, 0.4) is 0 Å². The molecule has 1 amide bonds. The van der Waals surface area contributed by atoms with Gasteiger partial charge in [-0.2, -0.15) is 4.31 Å². The highest BCUT2D eigenvalue weighted by molar-refractivity contribution is 7.89. The maximum atomic E-state index is 12.6. The topological polar surface area (TPSA) is 80.5 Å². The highest BCUT2D eigenvalue weighted by Crippen LogP contribution is 2.37. The molecule has 21 heavy (non-hydrogen) atoms. The molecule has 2 N–H and O–H groups in total. The van der Waals surface area contributed by atoms with Crippen LogP contribution in [0.4, 0.5) is 0 Å². The second kappa shape index (κ2) is 5.94. The van der Waals surface area contributed by atoms with E-state index in [9.17, 15) is 13.2 Å². The van der Waals surface area contributed by atoms with Crippen molar-refractivity contribution < 1.29 is 13.2 Å². The molecule has 0 bridgehead atoms. The summed E-state index contributed by atoms with van der Waals surface area (Å²) in [4.78, 5) is 11.7. The molecule has 0 atom stereocenters. The van der Waals surface area contributed by atoms with Crippen molar-refractivity contribution in [1.82, 2.24) is 4.31 Å². The predicted octanol–water partition coefficient (Wildman–Crippen LogP) is 2.01. The highest BCUT2D eigenvalue weighted by Gasteiger charge is 2.41. The molecule has 1 aromatic carbocycles. The number of rotatable bonds is 4. The summed E-state index contributed by atoms with van der Waals surface area (Å²) >= 11 is 5.98. The van der Waals surface area contributed by atoms with E-state index in [-0.39, 0.29) is 28.9 Å². The Morgan fingerprint density at radius 1 is 1.33 bits per heavy atom. The van der Waals surface area contributed by atoms with E-state index in [4.69, 9.17) is 17.3 Å². The number of nitrogens with zero attached hydrogens (tertiary/aromatic N) is 1. The van der Waals surface area contributed by atoms with E-state index >= 15 is 0 Å². The SMILES string of the molecule is CCC1(C(N)=O)CCN(S(=O)(=O)c2ccccc2Cl)CC1. The average molecular weight is 331 g/mol. The van der Waals surface area contributed by atoms with Crippen molar-refractivity contribution in [3.63, 3.8) is 0 Å². The summed E-state index contributed by atoms with van der Waals surface area (Å²) in [6, 6.07) is 6.38. The maximum Gasteiger partial charge on any atom is 0.244 e. The number of primary amides is 1. The average Bonchev–Trinajstić information content (AvgIpc) is 2.47. The largest absolute Gasteiger partial charge is 0.369 e. The fourth-order valence-corrected chi connectivity index (χ4v) is 4.66. The highest BCUT2D eigenvalue weighted by atomic mass is 35.5. The lowest BCUT2D eigenvalue weighted by Crippen LogP contribution is -2.48. The van der Waals surface area contributed by atoms with Crippen molar-refractivity contribution in [2.45, 2.75) is 31.1 Å². The number of halogens is 1. The van der Waals surface area contributed by atoms with Crippen LogP contribution in [-0.2, 0) is 14.8 Å². The van der Waals surface area contributed by atoms with Crippen LogP contribution in [0.15, 0.2) is 29.2 Å². The summed E-state index contributed by atoms with van der Waals surface area (Å²) in [5.41, 5.74) is 4.88. The first-order valence-corrected chi connectivity index (χ1v) is 8.70. The summed E-state index contributed by atoms with van der Waals surface area (Å²) in [6.07, 6.45) is 1.52. The molecule has 1 saturated heterocycles. The Morgan fingerprint density at radius 2 is 1.90 bits per heavy atom. The second-order valence-corrected chi connectivity index (χ2v) is 7.65. The van der Waals surface area contributed by atoms with Crippen molar-refractivity contribution in [1.29, 1.82) is 0 Å². The number of carbonyl (C=O) groups excluding carboxylic acids is 1. The molecule has 2 rings (SSSR count). The van der Waals surface area contributed by atoms with Gasteiger partial charge < -0.3 is 5.73 Å². The first-order valence-electron chi connectivity index (χ1n) is 6.88. The number of carbonyl (C=O) groups is 1. The molecule has 0 unspecified atom stereocenters. The van der Waals surface area contributed by atoms with E-state index in [1.165, 1.54) is 10.4 Å². The predicted molar refractivity (Wildman–Crippen MR) is 81.4 cm³/mol. The van der Waals surface area contributed by atoms with Crippen LogP contribution in [0, 0.1) is 5.41 Å². The smallest absolute Gasteiger partial charge is 0.244 e. The van der Waals surface area contributed by atoms with Crippen molar-refractivity contribution in [2.75, 3.05) is 13.1 Å². The van der Waals surface area contributed by atoms with Gasteiger partial charge in [0.05, 0.1) is 10.4 Å². The van der Waals surface area contributed by atoms with E-state index in [0.717, 1.165) is 0 Å². The standard InChI is InChI=1S/C14H19ClN2O3S/c1-2-14(13(16)18)7-9-17(10-8-14)21(19,20)12-6-4-3-5-11(12)15/h3-6H,2,7-10H2,1H3,(H2,16,18). The summed E-state index contributed by atoms with van der Waals surface area (Å²) in [5, 5.41) is 0.208. The monoisotopic (exact) mass is 330 g/mol. The third-order valence-electron chi connectivity index (χ3n) is 4.33. The molecule has 0 aromatic heterocycles. The zero-order valence-electron chi connectivity index (χ0n) is 11.9. The summed E-state index contributed by atoms with van der Waals surface area (Å²) in [6.45, 7) is 2.47. The zero-order valence-corrected chi connectivity index (χ0v) is 13.5. The Balaban J connectivity index is 2.23. The number of sulfonamides is 1. The minimum absolute atomic E-state index is 0.106. The van der Waals surface area contributed by atoms with Gasteiger partial charge in [0.15, 0.2) is 0 Å². The molecule has 0 aliphatic carbocycles. The second-order valence-electron chi connectivity index (χ2n) is 5.33. The quantitative estimate of drug-likeness (QED) is 0.916. The van der Waals surface area contributed by atoms with Gasteiger partial charge in [-0.05, 0) is 31.4 Å². The molecule has 1 aliphatic rings. The Bertz CT molecular complexity index is 637. The van der Waals surface area contributed by atoms with E-state index in [1.807, 2.05) is 6.92 Å². The number of nitrogens with two attached hydrogens (primary N) is 1. The molecule has 7 heteroatoms. The number of amides is 1. The first kappa shape index (κ1) is 16.3. The van der Waals surface area contributed by atoms with Gasteiger partial charge in [-0.3, -0.25) is 4.79 Å². The van der Waals surface area contributed by atoms with Gasteiger partial charge in [0.2, 0.25) is 15.9 Å². The van der Waals surface area contributed by atoms with Crippen LogP contribution >= 0.6 is 11.6 Å². The number of hydrogen-bond acceptors (Lipinski definition) is 3. The molecule has 1 fully saturated rings. The van der Waals surface area contributed by atoms with E-state index in [1.54, 1.807) is 18.2 Å². The molecule has 0 saturated carbocycles. The molecule has 116 valence electrons. The number of hydrogen-bond donors (Lipinski definition) is 1. The molecular weight excluding hydrogens is 312 g/mol. The third-order valence-corrected chi connectivity index (χ3v) is 6.73. The van der Waals surface area contributed by atoms with E-state index < -0.39 is 15.4 Å². The Kier molecular flexibility index (Phi) is 4.60. The minimum atomic E-state index is -3.63.